The molecule has 0 aliphatic carbocycles. The van der Waals surface area contributed by atoms with Gasteiger partial charge in [-0.05, 0) is 25.1 Å². The maximum Gasteiger partial charge on any atom is 0.161 e. The van der Waals surface area contributed by atoms with Crippen molar-refractivity contribution in [3.05, 3.63) is 24.3 Å². The Morgan fingerprint density at radius 2 is 1.59 bits per heavy atom. The highest BCUT2D eigenvalue weighted by molar-refractivity contribution is 5.85. The van der Waals surface area contributed by atoms with Crippen molar-refractivity contribution in [2.75, 3.05) is 26.3 Å². The van der Waals surface area contributed by atoms with Gasteiger partial charge in [-0.25, -0.2) is 0 Å². The molecule has 98 valence electrons. The predicted molar refractivity (Wildman–Crippen MR) is 73.5 cm³/mol. The van der Waals surface area contributed by atoms with E-state index >= 15 is 0 Å². The monoisotopic (exact) mass is 259 g/mol. The maximum atomic E-state index is 5.65. The van der Waals surface area contributed by atoms with Crippen molar-refractivity contribution in [3.8, 4) is 11.5 Å². The van der Waals surface area contributed by atoms with Crippen molar-refractivity contribution in [1.82, 2.24) is 5.32 Å². The van der Waals surface area contributed by atoms with E-state index < -0.39 is 0 Å². The van der Waals surface area contributed by atoms with E-state index in [9.17, 15) is 0 Å². The fourth-order valence-corrected chi connectivity index (χ4v) is 1.31. The normalized spacial score (nSPS) is 9.53. The number of hydrogen-bond donors (Lipinski definition) is 1. The molecule has 0 aliphatic heterocycles. The molecule has 3 nitrogen and oxygen atoms in total. The Bertz CT molecular complexity index is 295. The highest BCUT2D eigenvalue weighted by Crippen LogP contribution is 2.26. The fourth-order valence-electron chi connectivity index (χ4n) is 1.31. The van der Waals surface area contributed by atoms with Crippen LogP contribution in [0.1, 0.15) is 20.3 Å². The van der Waals surface area contributed by atoms with Crippen LogP contribution in [0.5, 0.6) is 11.5 Å². The third kappa shape index (κ3) is 6.39. The Balaban J connectivity index is 0.00000256. The summed E-state index contributed by atoms with van der Waals surface area (Å²) in [5.74, 6) is 1.66. The Morgan fingerprint density at radius 1 is 1.00 bits per heavy atom. The number of rotatable bonds is 8. The molecule has 0 unspecified atom stereocenters. The van der Waals surface area contributed by atoms with Crippen LogP contribution in [-0.2, 0) is 0 Å². The van der Waals surface area contributed by atoms with E-state index in [1.165, 1.54) is 0 Å². The van der Waals surface area contributed by atoms with E-state index in [-0.39, 0.29) is 12.4 Å². The second-order valence-electron chi connectivity index (χ2n) is 3.50. The molecule has 0 aromatic heterocycles. The largest absolute Gasteiger partial charge is 0.490 e. The molecule has 1 aromatic carbocycles. The third-order valence-corrected chi connectivity index (χ3v) is 2.10. The molecule has 0 bridgehead atoms. The van der Waals surface area contributed by atoms with Gasteiger partial charge in [0.2, 0.25) is 0 Å². The zero-order valence-corrected chi connectivity index (χ0v) is 11.4. The topological polar surface area (TPSA) is 30.5 Å². The molecule has 0 radical (unpaired) electrons. The Hall–Kier alpha value is -0.930. The van der Waals surface area contributed by atoms with Crippen molar-refractivity contribution in [3.63, 3.8) is 0 Å². The summed E-state index contributed by atoms with van der Waals surface area (Å²) >= 11 is 0. The van der Waals surface area contributed by atoms with Crippen LogP contribution in [0.2, 0.25) is 0 Å². The van der Waals surface area contributed by atoms with E-state index in [0.717, 1.165) is 37.6 Å². The molecule has 0 saturated heterocycles. The van der Waals surface area contributed by atoms with Gasteiger partial charge in [-0.15, -0.1) is 12.4 Å². The van der Waals surface area contributed by atoms with Crippen LogP contribution in [0.15, 0.2) is 24.3 Å². The van der Waals surface area contributed by atoms with E-state index in [2.05, 4.69) is 19.2 Å². The van der Waals surface area contributed by atoms with E-state index in [4.69, 9.17) is 9.47 Å². The summed E-state index contributed by atoms with van der Waals surface area (Å²) in [5.41, 5.74) is 0. The van der Waals surface area contributed by atoms with Gasteiger partial charge in [0.15, 0.2) is 11.5 Å². The second-order valence-corrected chi connectivity index (χ2v) is 3.50. The predicted octanol–water partition coefficient (Wildman–Crippen LogP) is 2.89. The molecule has 0 amide bonds. The first-order valence-electron chi connectivity index (χ1n) is 5.93. The highest BCUT2D eigenvalue weighted by atomic mass is 35.5. The zero-order valence-electron chi connectivity index (χ0n) is 10.6. The summed E-state index contributed by atoms with van der Waals surface area (Å²) in [4.78, 5) is 0. The fraction of sp³-hybridized carbons (Fsp3) is 0.538. The van der Waals surface area contributed by atoms with Crippen molar-refractivity contribution in [2.45, 2.75) is 20.3 Å². The van der Waals surface area contributed by atoms with Gasteiger partial charge in [-0.3, -0.25) is 0 Å². The van der Waals surface area contributed by atoms with Gasteiger partial charge in [-0.2, -0.15) is 0 Å². The van der Waals surface area contributed by atoms with Crippen molar-refractivity contribution < 1.29 is 9.47 Å². The number of halogens is 1. The van der Waals surface area contributed by atoms with Gasteiger partial charge in [-0.1, -0.05) is 26.0 Å². The van der Waals surface area contributed by atoms with Gasteiger partial charge in [0.25, 0.3) is 0 Å². The standard InChI is InChI=1S/C13H21NO2.ClH/c1-3-10-15-12-7-5-6-8-13(12)16-11-9-14-4-2;/h5-8,14H,3-4,9-11H2,1-2H3;1H. The van der Waals surface area contributed by atoms with Gasteiger partial charge in [0.05, 0.1) is 6.61 Å². The molecule has 0 spiro atoms. The lowest BCUT2D eigenvalue weighted by Gasteiger charge is -2.12. The van der Waals surface area contributed by atoms with E-state index in [1.807, 2.05) is 24.3 Å². The number of hydrogen-bond acceptors (Lipinski definition) is 3. The lowest BCUT2D eigenvalue weighted by atomic mass is 10.3. The minimum Gasteiger partial charge on any atom is -0.490 e. The first-order chi connectivity index (χ1) is 7.88. The van der Waals surface area contributed by atoms with Gasteiger partial charge >= 0.3 is 0 Å². The minimum atomic E-state index is 0. The number of para-hydroxylation sites is 2. The van der Waals surface area contributed by atoms with Crippen LogP contribution in [0.25, 0.3) is 0 Å². The first kappa shape index (κ1) is 16.1. The summed E-state index contributed by atoms with van der Waals surface area (Å²) in [5, 5.41) is 3.22. The molecule has 0 atom stereocenters. The molecule has 17 heavy (non-hydrogen) atoms. The minimum absolute atomic E-state index is 0. The van der Waals surface area contributed by atoms with E-state index in [1.54, 1.807) is 0 Å². The molecular weight excluding hydrogens is 238 g/mol. The lowest BCUT2D eigenvalue weighted by molar-refractivity contribution is 0.268. The van der Waals surface area contributed by atoms with Crippen molar-refractivity contribution in [2.24, 2.45) is 0 Å². The average molecular weight is 260 g/mol. The third-order valence-electron chi connectivity index (χ3n) is 2.10. The first-order valence-corrected chi connectivity index (χ1v) is 5.93. The van der Waals surface area contributed by atoms with E-state index in [0.29, 0.717) is 6.61 Å². The van der Waals surface area contributed by atoms with Crippen molar-refractivity contribution >= 4 is 12.4 Å². The highest BCUT2D eigenvalue weighted by Gasteiger charge is 2.02. The average Bonchev–Trinajstić information content (AvgIpc) is 2.33. The molecule has 0 fully saturated rings. The zero-order chi connectivity index (χ0) is 11.6. The SMILES string of the molecule is CCCOc1ccccc1OCCNCC.Cl. The number of nitrogens with one attached hydrogen (secondary N) is 1. The van der Waals surface area contributed by atoms with Crippen molar-refractivity contribution in [1.29, 1.82) is 0 Å². The van der Waals surface area contributed by atoms with Crippen LogP contribution in [0, 0.1) is 0 Å². The quantitative estimate of drug-likeness (QED) is 0.729. The van der Waals surface area contributed by atoms with Gasteiger partial charge in [0.1, 0.15) is 6.61 Å². The molecular formula is C13H22ClNO2. The Morgan fingerprint density at radius 3 is 2.12 bits per heavy atom. The molecule has 0 aliphatic rings. The van der Waals surface area contributed by atoms with Crippen LogP contribution in [-0.4, -0.2) is 26.3 Å². The summed E-state index contributed by atoms with van der Waals surface area (Å²) in [6, 6.07) is 7.80. The summed E-state index contributed by atoms with van der Waals surface area (Å²) in [7, 11) is 0. The molecule has 0 saturated carbocycles. The van der Waals surface area contributed by atoms with Crippen LogP contribution in [0.4, 0.5) is 0 Å². The number of ether oxygens (including phenoxy) is 2. The Labute approximate surface area is 110 Å². The summed E-state index contributed by atoms with van der Waals surface area (Å²) in [6.07, 6.45) is 1.01. The lowest BCUT2D eigenvalue weighted by Crippen LogP contribution is -2.20. The molecule has 4 heteroatoms. The smallest absolute Gasteiger partial charge is 0.161 e. The molecule has 1 rings (SSSR count). The Kier molecular flexibility index (Phi) is 9.68. The van der Waals surface area contributed by atoms with Crippen LogP contribution < -0.4 is 14.8 Å². The maximum absolute atomic E-state index is 5.65. The number of likely N-dealkylation sites (N-methyl/N-ethyl adjacent to an activating group) is 1. The summed E-state index contributed by atoms with van der Waals surface area (Å²) < 4.78 is 11.2. The van der Waals surface area contributed by atoms with Gasteiger partial charge < -0.3 is 14.8 Å². The molecule has 1 N–H and O–H groups in total. The van der Waals surface area contributed by atoms with Crippen LogP contribution >= 0.6 is 12.4 Å². The van der Waals surface area contributed by atoms with Crippen LogP contribution in [0.3, 0.4) is 0 Å². The number of benzene rings is 1. The summed E-state index contributed by atoms with van der Waals surface area (Å²) in [6.45, 7) is 7.40. The molecule has 1 aromatic rings. The molecule has 0 heterocycles. The second kappa shape index (κ2) is 10.2. The van der Waals surface area contributed by atoms with Gasteiger partial charge in [0, 0.05) is 6.54 Å².